The molecular weight excluding hydrogens is 252 g/mol. The summed E-state index contributed by atoms with van der Waals surface area (Å²) in [5, 5.41) is 1.76. The summed E-state index contributed by atoms with van der Waals surface area (Å²) in [6, 6.07) is 11.1. The summed E-state index contributed by atoms with van der Waals surface area (Å²) in [7, 11) is -3.57. The zero-order valence-corrected chi connectivity index (χ0v) is 10.7. The summed E-state index contributed by atoms with van der Waals surface area (Å²) in [6.07, 6.45) is 0. The van der Waals surface area contributed by atoms with Gasteiger partial charge in [-0.3, -0.25) is 0 Å². The molecule has 0 bridgehead atoms. The van der Waals surface area contributed by atoms with Crippen LogP contribution in [-0.4, -0.2) is 14.2 Å². The largest absolute Gasteiger partial charge is 0.397 e. The molecule has 2 aromatic rings. The summed E-state index contributed by atoms with van der Waals surface area (Å²) in [4.78, 5) is 0. The van der Waals surface area contributed by atoms with Gasteiger partial charge in [-0.05, 0) is 18.4 Å². The molecule has 0 fully saturated rings. The van der Waals surface area contributed by atoms with Gasteiger partial charge in [-0.25, -0.2) is 5.48 Å². The fourth-order valence-electron chi connectivity index (χ4n) is 1.57. The lowest BCUT2D eigenvalue weighted by atomic mass is 10.1. The van der Waals surface area contributed by atoms with Crippen LogP contribution in [0, 0.1) is 0 Å². The van der Waals surface area contributed by atoms with E-state index in [1.807, 2.05) is 30.3 Å². The molecule has 2 aromatic carbocycles. The van der Waals surface area contributed by atoms with Gasteiger partial charge in [0.2, 0.25) is 0 Å². The quantitative estimate of drug-likeness (QED) is 0.654. The van der Waals surface area contributed by atoms with Gasteiger partial charge in [0.1, 0.15) is 0 Å². The zero-order chi connectivity index (χ0) is 13.2. The van der Waals surface area contributed by atoms with Crippen molar-refractivity contribution >= 4 is 32.3 Å². The second kappa shape index (κ2) is 4.83. The first kappa shape index (κ1) is 12.7. The van der Waals surface area contributed by atoms with E-state index in [9.17, 15) is 8.42 Å². The van der Waals surface area contributed by atoms with Crippen molar-refractivity contribution in [1.29, 1.82) is 0 Å². The molecule has 0 spiro atoms. The average molecular weight is 266 g/mol. The highest BCUT2D eigenvalue weighted by Crippen LogP contribution is 2.29. The molecule has 0 radical (unpaired) electrons. The maximum atomic E-state index is 11.3. The van der Waals surface area contributed by atoms with Crippen LogP contribution in [-0.2, 0) is 14.4 Å². The van der Waals surface area contributed by atoms with Crippen molar-refractivity contribution < 1.29 is 12.7 Å². The van der Waals surface area contributed by atoms with Crippen LogP contribution in [0.2, 0.25) is 0 Å². The van der Waals surface area contributed by atoms with Crippen molar-refractivity contribution in [2.45, 2.75) is 6.92 Å². The molecule has 6 heteroatoms. The van der Waals surface area contributed by atoms with Crippen molar-refractivity contribution in [2.75, 3.05) is 17.0 Å². The van der Waals surface area contributed by atoms with E-state index in [1.54, 1.807) is 6.07 Å². The Hall–Kier alpha value is -1.79. The Balaban J connectivity index is 2.41. The smallest absolute Gasteiger partial charge is 0.287 e. The summed E-state index contributed by atoms with van der Waals surface area (Å²) in [5.74, 6) is -0.106. The Morgan fingerprint density at radius 3 is 2.67 bits per heavy atom. The third-order valence-electron chi connectivity index (χ3n) is 2.59. The highest BCUT2D eigenvalue weighted by molar-refractivity contribution is 7.86. The minimum Gasteiger partial charge on any atom is -0.397 e. The van der Waals surface area contributed by atoms with Crippen LogP contribution in [0.25, 0.3) is 10.8 Å². The van der Waals surface area contributed by atoms with Gasteiger partial charge in [0.25, 0.3) is 10.1 Å². The normalized spacial score (nSPS) is 11.6. The van der Waals surface area contributed by atoms with E-state index >= 15 is 0 Å². The second-order valence-electron chi connectivity index (χ2n) is 3.78. The summed E-state index contributed by atoms with van der Waals surface area (Å²) < 4.78 is 27.3. The highest BCUT2D eigenvalue weighted by Gasteiger charge is 2.11. The molecule has 0 aliphatic heterocycles. The SMILES string of the molecule is CCS(=O)(=O)ONc1c(N)ccc2ccccc12. The second-order valence-corrected chi connectivity index (χ2v) is 5.64. The van der Waals surface area contributed by atoms with Crippen molar-refractivity contribution in [3.8, 4) is 0 Å². The van der Waals surface area contributed by atoms with Crippen LogP contribution in [0.4, 0.5) is 11.4 Å². The summed E-state index contributed by atoms with van der Waals surface area (Å²) >= 11 is 0. The molecule has 0 saturated carbocycles. The summed E-state index contributed by atoms with van der Waals surface area (Å²) in [6.45, 7) is 1.50. The number of nitrogen functional groups attached to an aromatic ring is 1. The van der Waals surface area contributed by atoms with E-state index in [2.05, 4.69) is 5.48 Å². The fraction of sp³-hybridized carbons (Fsp3) is 0.167. The third-order valence-corrected chi connectivity index (χ3v) is 3.63. The van der Waals surface area contributed by atoms with E-state index in [1.165, 1.54) is 6.92 Å². The number of benzene rings is 2. The van der Waals surface area contributed by atoms with E-state index < -0.39 is 10.1 Å². The van der Waals surface area contributed by atoms with Gasteiger partial charge in [-0.1, -0.05) is 30.3 Å². The van der Waals surface area contributed by atoms with Gasteiger partial charge in [0, 0.05) is 5.39 Å². The Morgan fingerprint density at radius 1 is 1.22 bits per heavy atom. The van der Waals surface area contributed by atoms with E-state index in [0.29, 0.717) is 11.4 Å². The average Bonchev–Trinajstić information content (AvgIpc) is 2.37. The van der Waals surface area contributed by atoms with Gasteiger partial charge in [-0.15, -0.1) is 0 Å². The van der Waals surface area contributed by atoms with Crippen molar-refractivity contribution in [2.24, 2.45) is 0 Å². The number of nitrogens with one attached hydrogen (secondary N) is 1. The summed E-state index contributed by atoms with van der Waals surface area (Å²) in [5.41, 5.74) is 9.15. The van der Waals surface area contributed by atoms with Crippen molar-refractivity contribution in [3.63, 3.8) is 0 Å². The number of nitrogens with two attached hydrogens (primary N) is 1. The van der Waals surface area contributed by atoms with E-state index in [4.69, 9.17) is 10.0 Å². The van der Waals surface area contributed by atoms with Crippen molar-refractivity contribution in [1.82, 2.24) is 0 Å². The predicted molar refractivity (Wildman–Crippen MR) is 72.5 cm³/mol. The predicted octanol–water partition coefficient (Wildman–Crippen LogP) is 2.12. The van der Waals surface area contributed by atoms with Crippen LogP contribution >= 0.6 is 0 Å². The molecule has 0 heterocycles. The highest BCUT2D eigenvalue weighted by atomic mass is 32.2. The molecule has 0 atom stereocenters. The van der Waals surface area contributed by atoms with Gasteiger partial charge in [0.15, 0.2) is 0 Å². The molecule has 0 aromatic heterocycles. The van der Waals surface area contributed by atoms with Gasteiger partial charge in [-0.2, -0.15) is 12.7 Å². The topological polar surface area (TPSA) is 81.4 Å². The number of fused-ring (bicyclic) bond motifs is 1. The molecule has 0 aliphatic carbocycles. The van der Waals surface area contributed by atoms with Gasteiger partial charge in [0.05, 0.1) is 17.1 Å². The maximum Gasteiger partial charge on any atom is 0.287 e. The lowest BCUT2D eigenvalue weighted by Gasteiger charge is -2.11. The van der Waals surface area contributed by atoms with Crippen LogP contribution in [0.1, 0.15) is 6.92 Å². The van der Waals surface area contributed by atoms with Crippen LogP contribution < -0.4 is 11.2 Å². The third kappa shape index (κ3) is 2.55. The molecular formula is C12H14N2O3S. The minimum atomic E-state index is -3.57. The number of rotatable bonds is 4. The Kier molecular flexibility index (Phi) is 3.40. The molecule has 18 heavy (non-hydrogen) atoms. The molecule has 5 nitrogen and oxygen atoms in total. The lowest BCUT2D eigenvalue weighted by Crippen LogP contribution is -2.14. The Labute approximate surface area is 106 Å². The van der Waals surface area contributed by atoms with Crippen LogP contribution in [0.5, 0.6) is 0 Å². The first-order valence-corrected chi connectivity index (χ1v) is 7.05. The molecule has 2 rings (SSSR count). The fourth-order valence-corrected chi connectivity index (χ4v) is 1.89. The maximum absolute atomic E-state index is 11.3. The molecule has 0 amide bonds. The van der Waals surface area contributed by atoms with Crippen LogP contribution in [0.3, 0.4) is 0 Å². The standard InChI is InChI=1S/C12H14N2O3S/c1-2-18(15,16)17-14-12-10-6-4-3-5-9(10)7-8-11(12)13/h3-8,14H,2,13H2,1H3. The van der Waals surface area contributed by atoms with Gasteiger partial charge >= 0.3 is 0 Å². The molecule has 0 aliphatic rings. The molecule has 96 valence electrons. The Bertz CT molecular complexity index is 668. The molecule has 0 unspecified atom stereocenters. The first-order chi connectivity index (χ1) is 8.53. The first-order valence-electron chi connectivity index (χ1n) is 5.48. The lowest BCUT2D eigenvalue weighted by molar-refractivity contribution is 0.393. The Morgan fingerprint density at radius 2 is 1.94 bits per heavy atom. The molecule has 3 N–H and O–H groups in total. The van der Waals surface area contributed by atoms with Gasteiger partial charge < -0.3 is 5.73 Å². The number of hydrogen-bond donors (Lipinski definition) is 2. The minimum absolute atomic E-state index is 0.106. The monoisotopic (exact) mass is 266 g/mol. The number of hydrogen-bond acceptors (Lipinski definition) is 5. The van der Waals surface area contributed by atoms with Crippen LogP contribution in [0.15, 0.2) is 36.4 Å². The van der Waals surface area contributed by atoms with Crippen molar-refractivity contribution in [3.05, 3.63) is 36.4 Å². The number of anilines is 2. The van der Waals surface area contributed by atoms with E-state index in [-0.39, 0.29) is 5.75 Å². The zero-order valence-electron chi connectivity index (χ0n) is 9.88. The van der Waals surface area contributed by atoms with E-state index in [0.717, 1.165) is 10.8 Å². The molecule has 0 saturated heterocycles.